The third kappa shape index (κ3) is 5.61. The maximum Gasteiger partial charge on any atom is 0.247 e. The summed E-state index contributed by atoms with van der Waals surface area (Å²) in [5.41, 5.74) is 0.781. The first kappa shape index (κ1) is 31.3. The third-order valence-electron chi connectivity index (χ3n) is 9.64. The summed E-state index contributed by atoms with van der Waals surface area (Å²) in [6, 6.07) is 9.09. The van der Waals surface area contributed by atoms with Gasteiger partial charge in [0.15, 0.2) is 0 Å². The maximum atomic E-state index is 14.8. The van der Waals surface area contributed by atoms with E-state index in [0.717, 1.165) is 37.8 Å². The molecule has 0 radical (unpaired) electrons. The molecule has 4 aliphatic rings. The van der Waals surface area contributed by atoms with Crippen LogP contribution < -0.4 is 4.90 Å². The Morgan fingerprint density at radius 1 is 1.05 bits per heavy atom. The van der Waals surface area contributed by atoms with Gasteiger partial charge < -0.3 is 19.8 Å². The minimum absolute atomic E-state index is 0.00626. The first-order valence-electron chi connectivity index (χ1n) is 15.5. The normalized spacial score (nSPS) is 30.3. The molecule has 0 aromatic heterocycles. The number of aliphatic hydroxyl groups excluding tert-OH is 1. The Hall–Kier alpha value is -2.10. The number of carbonyl (C=O) groups excluding carboxylic acids is 3. The number of rotatable bonds is 13. The highest BCUT2D eigenvalue weighted by atomic mass is 79.9. The summed E-state index contributed by atoms with van der Waals surface area (Å²) in [4.78, 5) is 49.3. The molecule has 228 valence electrons. The van der Waals surface area contributed by atoms with Gasteiger partial charge in [-0.25, -0.2) is 0 Å². The van der Waals surface area contributed by atoms with Crippen molar-refractivity contribution in [2.75, 3.05) is 31.1 Å². The monoisotopic (exact) mass is 657 g/mol. The highest BCUT2D eigenvalue weighted by Gasteiger charge is 2.76. The molecule has 4 fully saturated rings. The average Bonchev–Trinajstić information content (AvgIpc) is 3.60. The van der Waals surface area contributed by atoms with Gasteiger partial charge in [0.1, 0.15) is 6.04 Å². The van der Waals surface area contributed by atoms with Gasteiger partial charge in [0.05, 0.1) is 16.6 Å². The van der Waals surface area contributed by atoms with Gasteiger partial charge in [0, 0.05) is 48.0 Å². The number of amides is 3. The van der Waals surface area contributed by atoms with Crippen LogP contribution in [-0.4, -0.2) is 85.8 Å². The minimum atomic E-state index is -0.672. The molecule has 2 bridgehead atoms. The number of hydrogen-bond donors (Lipinski definition) is 1. The highest BCUT2D eigenvalue weighted by molar-refractivity contribution is 9.09. The van der Waals surface area contributed by atoms with Crippen LogP contribution in [0.25, 0.3) is 0 Å². The van der Waals surface area contributed by atoms with Crippen molar-refractivity contribution < 1.29 is 19.5 Å². The molecule has 1 aromatic carbocycles. The first-order chi connectivity index (χ1) is 20.4. The maximum absolute atomic E-state index is 14.8. The lowest BCUT2D eigenvalue weighted by Crippen LogP contribution is -2.57. The van der Waals surface area contributed by atoms with Crippen LogP contribution >= 0.6 is 27.7 Å². The van der Waals surface area contributed by atoms with E-state index in [4.69, 9.17) is 0 Å². The first-order valence-corrected chi connectivity index (χ1v) is 17.3. The SMILES string of the molecule is C=CCN(C(=O)[C@H]1[C@H]2C(=O)N(CCCCCO)C(C(=O)N(CC=C)C3CCCCC3)C23CC(Br)[C@@H]1S3)c1ccccc1. The fraction of sp³-hybridized carbons (Fsp3) is 0.606. The summed E-state index contributed by atoms with van der Waals surface area (Å²) < 4.78 is -0.672. The smallest absolute Gasteiger partial charge is 0.247 e. The van der Waals surface area contributed by atoms with Crippen LogP contribution in [0.5, 0.6) is 0 Å². The van der Waals surface area contributed by atoms with Gasteiger partial charge >= 0.3 is 0 Å². The Kier molecular flexibility index (Phi) is 10.2. The second kappa shape index (κ2) is 13.7. The number of para-hydroxylation sites is 1. The Bertz CT molecular complexity index is 1160. The van der Waals surface area contributed by atoms with Crippen LogP contribution in [0.1, 0.15) is 57.8 Å². The van der Waals surface area contributed by atoms with Crippen LogP contribution in [0.15, 0.2) is 55.6 Å². The molecule has 5 rings (SSSR count). The molecule has 9 heteroatoms. The number of halogens is 1. The molecule has 7 nitrogen and oxygen atoms in total. The molecule has 42 heavy (non-hydrogen) atoms. The fourth-order valence-corrected chi connectivity index (χ4v) is 11.4. The van der Waals surface area contributed by atoms with Crippen molar-refractivity contribution in [1.29, 1.82) is 0 Å². The minimum Gasteiger partial charge on any atom is -0.396 e. The van der Waals surface area contributed by atoms with Crippen molar-refractivity contribution in [3.8, 4) is 0 Å². The third-order valence-corrected chi connectivity index (χ3v) is 12.9. The van der Waals surface area contributed by atoms with Gasteiger partial charge in [0.2, 0.25) is 17.7 Å². The number of carbonyl (C=O) groups is 3. The zero-order valence-electron chi connectivity index (χ0n) is 24.4. The topological polar surface area (TPSA) is 81.2 Å². The number of alkyl halides is 1. The summed E-state index contributed by atoms with van der Waals surface area (Å²) in [6.45, 7) is 9.23. The summed E-state index contributed by atoms with van der Waals surface area (Å²) in [6.07, 6.45) is 11.7. The van der Waals surface area contributed by atoms with E-state index in [1.807, 2.05) is 40.1 Å². The van der Waals surface area contributed by atoms with Crippen LogP contribution in [0.3, 0.4) is 0 Å². The molecule has 1 N–H and O–H groups in total. The number of anilines is 1. The molecule has 3 aliphatic heterocycles. The van der Waals surface area contributed by atoms with E-state index in [0.29, 0.717) is 38.9 Å². The second-order valence-electron chi connectivity index (χ2n) is 12.1. The summed E-state index contributed by atoms with van der Waals surface area (Å²) >= 11 is 5.60. The molecule has 1 aromatic rings. The largest absolute Gasteiger partial charge is 0.396 e. The van der Waals surface area contributed by atoms with Crippen LogP contribution in [0.4, 0.5) is 5.69 Å². The molecule has 3 saturated heterocycles. The van der Waals surface area contributed by atoms with Crippen LogP contribution in [0.2, 0.25) is 0 Å². The van der Waals surface area contributed by atoms with Gasteiger partial charge in [-0.2, -0.15) is 0 Å². The van der Waals surface area contributed by atoms with E-state index in [1.165, 1.54) is 6.42 Å². The molecule has 6 atom stereocenters. The Balaban J connectivity index is 1.53. The number of benzene rings is 1. The van der Waals surface area contributed by atoms with E-state index in [-0.39, 0.29) is 40.4 Å². The van der Waals surface area contributed by atoms with Crippen molar-refractivity contribution in [2.45, 2.75) is 84.7 Å². The van der Waals surface area contributed by atoms with Gasteiger partial charge in [-0.1, -0.05) is 65.5 Å². The van der Waals surface area contributed by atoms with Crippen molar-refractivity contribution in [3.63, 3.8) is 0 Å². The quantitative estimate of drug-likeness (QED) is 0.180. The molecular formula is C33H44BrN3O4S. The Morgan fingerprint density at radius 2 is 1.76 bits per heavy atom. The lowest BCUT2D eigenvalue weighted by molar-refractivity contribution is -0.144. The molecule has 3 amide bonds. The number of nitrogens with zero attached hydrogens (tertiary/aromatic N) is 3. The van der Waals surface area contributed by atoms with Crippen molar-refractivity contribution in [2.24, 2.45) is 11.8 Å². The van der Waals surface area contributed by atoms with Crippen LogP contribution in [0, 0.1) is 11.8 Å². The van der Waals surface area contributed by atoms with Crippen molar-refractivity contribution >= 4 is 51.1 Å². The average molecular weight is 659 g/mol. The van der Waals surface area contributed by atoms with E-state index < -0.39 is 22.6 Å². The molecular weight excluding hydrogens is 614 g/mol. The summed E-state index contributed by atoms with van der Waals surface area (Å²) in [5, 5.41) is 9.25. The number of hydrogen-bond acceptors (Lipinski definition) is 5. The zero-order valence-corrected chi connectivity index (χ0v) is 26.8. The predicted octanol–water partition coefficient (Wildman–Crippen LogP) is 5.18. The number of fused-ring (bicyclic) bond motifs is 1. The number of likely N-dealkylation sites (tertiary alicyclic amines) is 1. The van der Waals surface area contributed by atoms with Crippen LogP contribution in [-0.2, 0) is 14.4 Å². The van der Waals surface area contributed by atoms with Crippen molar-refractivity contribution in [3.05, 3.63) is 55.6 Å². The van der Waals surface area contributed by atoms with E-state index in [1.54, 1.807) is 28.8 Å². The van der Waals surface area contributed by atoms with Gasteiger partial charge in [-0.05, 0) is 50.7 Å². The Morgan fingerprint density at radius 3 is 2.43 bits per heavy atom. The second-order valence-corrected chi connectivity index (χ2v) is 14.8. The fourth-order valence-electron chi connectivity index (χ4n) is 7.85. The summed E-state index contributed by atoms with van der Waals surface area (Å²) in [5.74, 6) is -1.24. The van der Waals surface area contributed by atoms with E-state index >= 15 is 0 Å². The lowest BCUT2D eigenvalue weighted by Gasteiger charge is -2.41. The molecule has 3 unspecified atom stereocenters. The number of unbranched alkanes of at least 4 members (excludes halogenated alkanes) is 2. The number of thioether (sulfide) groups is 1. The van der Waals surface area contributed by atoms with E-state index in [2.05, 4.69) is 29.1 Å². The van der Waals surface area contributed by atoms with Gasteiger partial charge in [-0.3, -0.25) is 14.4 Å². The van der Waals surface area contributed by atoms with Crippen molar-refractivity contribution in [1.82, 2.24) is 9.80 Å². The molecule has 3 heterocycles. The van der Waals surface area contributed by atoms with Gasteiger partial charge in [-0.15, -0.1) is 24.9 Å². The Labute approximate surface area is 262 Å². The zero-order chi connectivity index (χ0) is 29.9. The highest BCUT2D eigenvalue weighted by Crippen LogP contribution is 2.68. The number of aliphatic hydroxyl groups is 1. The lowest BCUT2D eigenvalue weighted by atomic mass is 9.70. The van der Waals surface area contributed by atoms with Gasteiger partial charge in [0.25, 0.3) is 0 Å². The standard InChI is InChI=1S/C33H44BrN3O4S/c1-3-18-35(23-14-8-5-9-15-23)30(39)26-27-31(40)37(20-12-7-13-21-38)29(33(27)22-25(34)28(26)42-33)32(41)36(19-4-2)24-16-10-6-11-17-24/h3-5,8-9,14-15,24-29,38H,1-2,6-7,10-13,16-22H2/t25?,26-,27-,28-,29?,33?/m0/s1. The van der Waals surface area contributed by atoms with E-state index in [9.17, 15) is 19.5 Å². The summed E-state index contributed by atoms with van der Waals surface area (Å²) in [7, 11) is 0. The molecule has 1 spiro atoms. The molecule has 1 aliphatic carbocycles. The predicted molar refractivity (Wildman–Crippen MR) is 173 cm³/mol. The molecule has 1 saturated carbocycles.